The van der Waals surface area contributed by atoms with E-state index < -0.39 is 5.91 Å². The molecule has 0 aromatic heterocycles. The minimum Gasteiger partial charge on any atom is -0.484 e. The lowest BCUT2D eigenvalue weighted by Gasteiger charge is -2.11. The van der Waals surface area contributed by atoms with Crippen molar-refractivity contribution in [3.63, 3.8) is 0 Å². The molecule has 1 saturated heterocycles. The molecule has 0 aliphatic carbocycles. The second-order valence-electron chi connectivity index (χ2n) is 6.93. The number of carbonyl (C=O) groups is 2. The highest BCUT2D eigenvalue weighted by Gasteiger charge is 2.16. The number of hydrogen-bond acceptors (Lipinski definition) is 5. The average Bonchev–Trinajstić information content (AvgIpc) is 3.29. The molecule has 0 bridgehead atoms. The molecule has 1 aliphatic heterocycles. The molecule has 8 heteroatoms. The fraction of sp³-hybridized carbons (Fsp3) is 0.261. The zero-order valence-corrected chi connectivity index (χ0v) is 18.4. The van der Waals surface area contributed by atoms with Gasteiger partial charge < -0.3 is 20.1 Å². The van der Waals surface area contributed by atoms with E-state index in [-0.39, 0.29) is 24.2 Å². The minimum absolute atomic E-state index is 0.0258. The van der Waals surface area contributed by atoms with Crippen molar-refractivity contribution >= 4 is 39.5 Å². The molecule has 2 amide bonds. The topological polar surface area (TPSA) is 100 Å². The van der Waals surface area contributed by atoms with E-state index in [1.165, 1.54) is 6.08 Å². The quantitative estimate of drug-likeness (QED) is 0.440. The molecule has 1 heterocycles. The number of nitriles is 1. The highest BCUT2D eigenvalue weighted by Crippen LogP contribution is 2.18. The standard InChI is InChI=1S/C23H22BrN3O4/c24-18-3-1-4-19(12-18)27-23(29)17(13-25)11-16-6-8-20(9-7-16)31-15-22(28)26-14-21-5-2-10-30-21/h1,3-4,6-9,11-12,21H,2,5,10,14-15H2,(H,26,28)(H,27,29)/b17-11+/t21-/m0/s1. The Kier molecular flexibility index (Phi) is 8.21. The van der Waals surface area contributed by atoms with Crippen molar-refractivity contribution in [3.8, 4) is 11.8 Å². The summed E-state index contributed by atoms with van der Waals surface area (Å²) >= 11 is 3.34. The van der Waals surface area contributed by atoms with Gasteiger partial charge in [-0.05, 0) is 54.8 Å². The van der Waals surface area contributed by atoms with Crippen LogP contribution in [-0.2, 0) is 14.3 Å². The molecular formula is C23H22BrN3O4. The molecule has 0 unspecified atom stereocenters. The lowest BCUT2D eigenvalue weighted by Crippen LogP contribution is -2.35. The van der Waals surface area contributed by atoms with E-state index in [2.05, 4.69) is 26.6 Å². The van der Waals surface area contributed by atoms with Gasteiger partial charge in [-0.1, -0.05) is 34.1 Å². The van der Waals surface area contributed by atoms with E-state index in [0.717, 1.165) is 23.9 Å². The van der Waals surface area contributed by atoms with Crippen LogP contribution < -0.4 is 15.4 Å². The maximum atomic E-state index is 12.4. The van der Waals surface area contributed by atoms with Gasteiger partial charge in [0.05, 0.1) is 6.10 Å². The molecule has 3 rings (SSSR count). The zero-order valence-electron chi connectivity index (χ0n) is 16.8. The molecule has 2 N–H and O–H groups in total. The van der Waals surface area contributed by atoms with Crippen molar-refractivity contribution in [1.82, 2.24) is 5.32 Å². The maximum absolute atomic E-state index is 12.4. The van der Waals surface area contributed by atoms with Gasteiger partial charge in [-0.25, -0.2) is 0 Å². The van der Waals surface area contributed by atoms with Crippen LogP contribution >= 0.6 is 15.9 Å². The van der Waals surface area contributed by atoms with Gasteiger partial charge in [0.1, 0.15) is 17.4 Å². The Morgan fingerprint density at radius 2 is 2.06 bits per heavy atom. The van der Waals surface area contributed by atoms with Gasteiger partial charge in [0.15, 0.2) is 6.61 Å². The number of benzene rings is 2. The first-order chi connectivity index (χ1) is 15.0. The summed E-state index contributed by atoms with van der Waals surface area (Å²) in [6.45, 7) is 1.14. The number of anilines is 1. The molecule has 1 aliphatic rings. The number of rotatable bonds is 8. The molecule has 0 spiro atoms. The number of nitrogens with zero attached hydrogens (tertiary/aromatic N) is 1. The van der Waals surface area contributed by atoms with Crippen LogP contribution in [0.5, 0.6) is 5.75 Å². The number of carbonyl (C=O) groups excluding carboxylic acids is 2. The third-order valence-corrected chi connectivity index (χ3v) is 5.05. The molecule has 2 aromatic carbocycles. The van der Waals surface area contributed by atoms with Crippen LogP contribution in [-0.4, -0.2) is 37.7 Å². The van der Waals surface area contributed by atoms with Gasteiger partial charge in [-0.15, -0.1) is 0 Å². The fourth-order valence-corrected chi connectivity index (χ4v) is 3.37. The highest BCUT2D eigenvalue weighted by atomic mass is 79.9. The summed E-state index contributed by atoms with van der Waals surface area (Å²) in [5.41, 5.74) is 1.22. The van der Waals surface area contributed by atoms with Gasteiger partial charge in [-0.3, -0.25) is 9.59 Å². The number of hydrogen-bond donors (Lipinski definition) is 2. The van der Waals surface area contributed by atoms with Gasteiger partial charge in [0.2, 0.25) is 0 Å². The third kappa shape index (κ3) is 7.24. The number of ether oxygens (including phenoxy) is 2. The first-order valence-corrected chi connectivity index (χ1v) is 10.6. The van der Waals surface area contributed by atoms with Gasteiger partial charge in [0.25, 0.3) is 11.8 Å². The zero-order chi connectivity index (χ0) is 22.1. The Morgan fingerprint density at radius 1 is 1.26 bits per heavy atom. The van der Waals surface area contributed by atoms with Crippen molar-refractivity contribution in [2.24, 2.45) is 0 Å². The maximum Gasteiger partial charge on any atom is 0.266 e. The van der Waals surface area contributed by atoms with Crippen molar-refractivity contribution in [1.29, 1.82) is 5.26 Å². The summed E-state index contributed by atoms with van der Waals surface area (Å²) in [6, 6.07) is 15.8. The molecule has 0 radical (unpaired) electrons. The Morgan fingerprint density at radius 3 is 2.74 bits per heavy atom. The van der Waals surface area contributed by atoms with Crippen molar-refractivity contribution in [3.05, 3.63) is 64.1 Å². The molecule has 1 atom stereocenters. The second kappa shape index (κ2) is 11.3. The van der Waals surface area contributed by atoms with E-state index in [4.69, 9.17) is 9.47 Å². The Balaban J connectivity index is 1.51. The molecule has 7 nitrogen and oxygen atoms in total. The van der Waals surface area contributed by atoms with Crippen LogP contribution in [0.25, 0.3) is 6.08 Å². The molecule has 31 heavy (non-hydrogen) atoms. The number of halogens is 1. The molecule has 1 fully saturated rings. The Hall–Kier alpha value is -3.15. The minimum atomic E-state index is -0.496. The smallest absolute Gasteiger partial charge is 0.266 e. The van der Waals surface area contributed by atoms with E-state index >= 15 is 0 Å². The highest BCUT2D eigenvalue weighted by molar-refractivity contribution is 9.10. The number of nitrogens with one attached hydrogen (secondary N) is 2. The van der Waals surface area contributed by atoms with Crippen LogP contribution in [0.15, 0.2) is 58.6 Å². The Labute approximate surface area is 189 Å². The van der Waals surface area contributed by atoms with Crippen LogP contribution in [0.1, 0.15) is 18.4 Å². The largest absolute Gasteiger partial charge is 0.484 e. The lowest BCUT2D eigenvalue weighted by atomic mass is 10.1. The molecule has 2 aromatic rings. The summed E-state index contributed by atoms with van der Waals surface area (Å²) in [5, 5.41) is 14.8. The van der Waals surface area contributed by atoms with Crippen LogP contribution in [0.3, 0.4) is 0 Å². The van der Waals surface area contributed by atoms with Crippen LogP contribution in [0, 0.1) is 11.3 Å². The first kappa shape index (κ1) is 22.5. The average molecular weight is 484 g/mol. The fourth-order valence-electron chi connectivity index (χ4n) is 2.97. The van der Waals surface area contributed by atoms with Crippen molar-refractivity contribution in [2.45, 2.75) is 18.9 Å². The van der Waals surface area contributed by atoms with E-state index in [1.807, 2.05) is 12.1 Å². The SMILES string of the molecule is N#C/C(=C\c1ccc(OCC(=O)NC[C@@H]2CCCO2)cc1)C(=O)Nc1cccc(Br)c1. The van der Waals surface area contributed by atoms with E-state index in [0.29, 0.717) is 23.5 Å². The Bertz CT molecular complexity index is 993. The predicted octanol–water partition coefficient (Wildman–Crippen LogP) is 3.67. The van der Waals surface area contributed by atoms with Gasteiger partial charge >= 0.3 is 0 Å². The summed E-state index contributed by atoms with van der Waals surface area (Å²) < 4.78 is 11.8. The molecule has 0 saturated carbocycles. The van der Waals surface area contributed by atoms with E-state index in [1.54, 1.807) is 42.5 Å². The summed E-state index contributed by atoms with van der Waals surface area (Å²) in [5.74, 6) is -0.194. The number of amides is 2. The van der Waals surface area contributed by atoms with Crippen LogP contribution in [0.2, 0.25) is 0 Å². The van der Waals surface area contributed by atoms with Gasteiger partial charge in [0, 0.05) is 23.3 Å². The summed E-state index contributed by atoms with van der Waals surface area (Å²) in [6.07, 6.45) is 3.56. The van der Waals surface area contributed by atoms with E-state index in [9.17, 15) is 14.9 Å². The van der Waals surface area contributed by atoms with Crippen LogP contribution in [0.4, 0.5) is 5.69 Å². The molecular weight excluding hydrogens is 462 g/mol. The monoisotopic (exact) mass is 483 g/mol. The predicted molar refractivity (Wildman–Crippen MR) is 120 cm³/mol. The van der Waals surface area contributed by atoms with Crippen molar-refractivity contribution in [2.75, 3.05) is 25.1 Å². The van der Waals surface area contributed by atoms with Gasteiger partial charge in [-0.2, -0.15) is 5.26 Å². The lowest BCUT2D eigenvalue weighted by molar-refractivity contribution is -0.123. The third-order valence-electron chi connectivity index (χ3n) is 4.56. The summed E-state index contributed by atoms with van der Waals surface area (Å²) in [7, 11) is 0. The molecule has 160 valence electrons. The summed E-state index contributed by atoms with van der Waals surface area (Å²) in [4.78, 5) is 24.3. The second-order valence-corrected chi connectivity index (χ2v) is 7.85. The normalized spacial score (nSPS) is 15.7. The van der Waals surface area contributed by atoms with Crippen molar-refractivity contribution < 1.29 is 19.1 Å². The first-order valence-electron chi connectivity index (χ1n) is 9.83.